The zero-order valence-corrected chi connectivity index (χ0v) is 6.77. The van der Waals surface area contributed by atoms with Gasteiger partial charge in [0.15, 0.2) is 0 Å². The third-order valence-electron chi connectivity index (χ3n) is 3.11. The molecule has 2 heterocycles. The minimum Gasteiger partial charge on any atom is -0.368 e. The molecule has 1 saturated carbocycles. The van der Waals surface area contributed by atoms with Gasteiger partial charge in [0.1, 0.15) is 0 Å². The van der Waals surface area contributed by atoms with Crippen LogP contribution < -0.4 is 10.6 Å². The van der Waals surface area contributed by atoms with Crippen LogP contribution in [-0.2, 0) is 0 Å². The lowest BCUT2D eigenvalue weighted by Gasteiger charge is -2.18. The van der Waals surface area contributed by atoms with Crippen LogP contribution in [0.25, 0.3) is 0 Å². The van der Waals surface area contributed by atoms with Crippen LogP contribution in [0.2, 0.25) is 0 Å². The Bertz CT molecular complexity index is 269. The standard InChI is InChI=1S/C8H12N4/c9-8-6-3-12(4-7(6)8)5-1-10-11-2-5/h1-2,6-8H,3-4,9H2,(H,10,11). The van der Waals surface area contributed by atoms with E-state index in [0.717, 1.165) is 24.9 Å². The molecule has 0 bridgehead atoms. The van der Waals surface area contributed by atoms with E-state index in [1.54, 1.807) is 0 Å². The van der Waals surface area contributed by atoms with E-state index >= 15 is 0 Å². The highest BCUT2D eigenvalue weighted by Crippen LogP contribution is 2.44. The predicted octanol–water partition coefficient (Wildman–Crippen LogP) is -0.197. The number of aromatic amines is 1. The van der Waals surface area contributed by atoms with Crippen molar-refractivity contribution in [2.75, 3.05) is 18.0 Å². The van der Waals surface area contributed by atoms with Crippen molar-refractivity contribution in [3.8, 4) is 0 Å². The zero-order valence-electron chi connectivity index (χ0n) is 6.77. The summed E-state index contributed by atoms with van der Waals surface area (Å²) in [6, 6.07) is 0.480. The summed E-state index contributed by atoms with van der Waals surface area (Å²) >= 11 is 0. The average molecular weight is 164 g/mol. The van der Waals surface area contributed by atoms with Gasteiger partial charge in [-0.1, -0.05) is 0 Å². The van der Waals surface area contributed by atoms with Crippen molar-refractivity contribution in [3.05, 3.63) is 12.4 Å². The van der Waals surface area contributed by atoms with Gasteiger partial charge in [-0.25, -0.2) is 0 Å². The summed E-state index contributed by atoms with van der Waals surface area (Å²) in [5, 5.41) is 6.75. The van der Waals surface area contributed by atoms with Gasteiger partial charge in [-0.15, -0.1) is 0 Å². The molecule has 12 heavy (non-hydrogen) atoms. The molecular formula is C8H12N4. The van der Waals surface area contributed by atoms with Crippen molar-refractivity contribution in [1.29, 1.82) is 0 Å². The number of anilines is 1. The third kappa shape index (κ3) is 0.728. The van der Waals surface area contributed by atoms with E-state index in [2.05, 4.69) is 15.1 Å². The summed E-state index contributed by atoms with van der Waals surface area (Å²) in [6.07, 6.45) is 3.81. The minimum absolute atomic E-state index is 0.480. The Labute approximate surface area is 70.7 Å². The summed E-state index contributed by atoms with van der Waals surface area (Å²) < 4.78 is 0. The Hall–Kier alpha value is -1.03. The summed E-state index contributed by atoms with van der Waals surface area (Å²) in [4.78, 5) is 2.35. The van der Waals surface area contributed by atoms with E-state index in [1.165, 1.54) is 5.69 Å². The van der Waals surface area contributed by atoms with E-state index in [9.17, 15) is 0 Å². The van der Waals surface area contributed by atoms with Crippen LogP contribution in [0.1, 0.15) is 0 Å². The maximum Gasteiger partial charge on any atom is 0.0749 e. The fraction of sp³-hybridized carbons (Fsp3) is 0.625. The van der Waals surface area contributed by atoms with E-state index in [4.69, 9.17) is 5.73 Å². The van der Waals surface area contributed by atoms with Gasteiger partial charge in [0.05, 0.1) is 11.9 Å². The van der Waals surface area contributed by atoms with Gasteiger partial charge in [0.2, 0.25) is 0 Å². The summed E-state index contributed by atoms with van der Waals surface area (Å²) in [5.74, 6) is 1.50. The monoisotopic (exact) mass is 164 g/mol. The Morgan fingerprint density at radius 3 is 2.83 bits per heavy atom. The average Bonchev–Trinajstić information content (AvgIpc) is 2.66. The fourth-order valence-corrected chi connectivity index (χ4v) is 2.20. The number of hydrogen-bond donors (Lipinski definition) is 2. The SMILES string of the molecule is NC1C2CN(c3cn[nH]c3)CC12. The molecular weight excluding hydrogens is 152 g/mol. The smallest absolute Gasteiger partial charge is 0.0749 e. The van der Waals surface area contributed by atoms with Crippen molar-refractivity contribution in [1.82, 2.24) is 10.2 Å². The van der Waals surface area contributed by atoms with Crippen molar-refractivity contribution in [2.24, 2.45) is 17.6 Å². The van der Waals surface area contributed by atoms with Crippen LogP contribution >= 0.6 is 0 Å². The molecule has 1 aliphatic heterocycles. The van der Waals surface area contributed by atoms with E-state index in [0.29, 0.717) is 6.04 Å². The third-order valence-corrected chi connectivity index (χ3v) is 3.11. The van der Waals surface area contributed by atoms with Gasteiger partial charge >= 0.3 is 0 Å². The molecule has 0 spiro atoms. The van der Waals surface area contributed by atoms with Crippen molar-refractivity contribution >= 4 is 5.69 Å². The van der Waals surface area contributed by atoms with Gasteiger partial charge in [-0.05, 0) is 11.8 Å². The Balaban J connectivity index is 1.76. The Morgan fingerprint density at radius 1 is 1.50 bits per heavy atom. The first-order valence-electron chi connectivity index (χ1n) is 4.35. The van der Waals surface area contributed by atoms with Crippen LogP contribution in [-0.4, -0.2) is 29.3 Å². The molecule has 4 nitrogen and oxygen atoms in total. The summed E-state index contributed by atoms with van der Waals surface area (Å²) in [7, 11) is 0. The molecule has 2 aliphatic rings. The molecule has 0 aromatic carbocycles. The topological polar surface area (TPSA) is 57.9 Å². The molecule has 1 aromatic rings. The normalized spacial score (nSPS) is 38.4. The first-order valence-corrected chi connectivity index (χ1v) is 4.35. The second-order valence-corrected chi connectivity index (χ2v) is 3.77. The molecule has 1 aromatic heterocycles. The van der Waals surface area contributed by atoms with Crippen LogP contribution in [0.5, 0.6) is 0 Å². The maximum atomic E-state index is 5.84. The molecule has 4 heteroatoms. The molecule has 0 radical (unpaired) electrons. The van der Waals surface area contributed by atoms with Crippen molar-refractivity contribution in [3.63, 3.8) is 0 Å². The van der Waals surface area contributed by atoms with Crippen LogP contribution in [0.15, 0.2) is 12.4 Å². The molecule has 3 rings (SSSR count). The minimum atomic E-state index is 0.480. The van der Waals surface area contributed by atoms with Crippen LogP contribution in [0.4, 0.5) is 5.69 Å². The van der Waals surface area contributed by atoms with Gasteiger partial charge in [-0.3, -0.25) is 5.10 Å². The number of rotatable bonds is 1. The fourth-order valence-electron chi connectivity index (χ4n) is 2.20. The number of hydrogen-bond acceptors (Lipinski definition) is 3. The molecule has 0 amide bonds. The van der Waals surface area contributed by atoms with E-state index in [1.807, 2.05) is 12.4 Å². The molecule has 64 valence electrons. The van der Waals surface area contributed by atoms with Gasteiger partial charge < -0.3 is 10.6 Å². The number of nitrogens with zero attached hydrogens (tertiary/aromatic N) is 2. The number of nitrogens with two attached hydrogens (primary N) is 1. The lowest BCUT2D eigenvalue weighted by atomic mass is 10.4. The van der Waals surface area contributed by atoms with Crippen LogP contribution in [0.3, 0.4) is 0 Å². The van der Waals surface area contributed by atoms with Gasteiger partial charge in [0, 0.05) is 25.3 Å². The predicted molar refractivity (Wildman–Crippen MR) is 45.8 cm³/mol. The second kappa shape index (κ2) is 2.01. The number of nitrogens with one attached hydrogen (secondary N) is 1. The van der Waals surface area contributed by atoms with E-state index < -0.39 is 0 Å². The van der Waals surface area contributed by atoms with Crippen molar-refractivity contribution < 1.29 is 0 Å². The lowest BCUT2D eigenvalue weighted by molar-refractivity contribution is 0.744. The Kier molecular flexibility index (Phi) is 1.09. The zero-order chi connectivity index (χ0) is 8.13. The highest BCUT2D eigenvalue weighted by atomic mass is 15.2. The molecule has 1 aliphatic carbocycles. The molecule has 2 atom stereocenters. The highest BCUT2D eigenvalue weighted by Gasteiger charge is 2.53. The highest BCUT2D eigenvalue weighted by molar-refractivity contribution is 5.45. The molecule has 2 fully saturated rings. The largest absolute Gasteiger partial charge is 0.368 e. The number of aromatic nitrogens is 2. The van der Waals surface area contributed by atoms with Gasteiger partial charge in [0.25, 0.3) is 0 Å². The van der Waals surface area contributed by atoms with Crippen LogP contribution in [0, 0.1) is 11.8 Å². The number of fused-ring (bicyclic) bond motifs is 1. The summed E-state index contributed by atoms with van der Waals surface area (Å²) in [5.41, 5.74) is 7.04. The van der Waals surface area contributed by atoms with E-state index in [-0.39, 0.29) is 0 Å². The number of piperidine rings is 1. The second-order valence-electron chi connectivity index (χ2n) is 3.77. The Morgan fingerprint density at radius 2 is 2.25 bits per heavy atom. The molecule has 1 saturated heterocycles. The summed E-state index contributed by atoms with van der Waals surface area (Å²) in [6.45, 7) is 2.23. The molecule has 2 unspecified atom stereocenters. The first kappa shape index (κ1) is 6.48. The number of H-pyrrole nitrogens is 1. The van der Waals surface area contributed by atoms with Crippen molar-refractivity contribution in [2.45, 2.75) is 6.04 Å². The lowest BCUT2D eigenvalue weighted by Crippen LogP contribution is -2.27. The quantitative estimate of drug-likeness (QED) is 0.604. The maximum absolute atomic E-state index is 5.84. The van der Waals surface area contributed by atoms with Gasteiger partial charge in [-0.2, -0.15) is 5.10 Å². The molecule has 3 N–H and O–H groups in total. The first-order chi connectivity index (χ1) is 5.86.